The minimum absolute atomic E-state index is 0.0220. The second-order valence-electron chi connectivity index (χ2n) is 7.41. The molecule has 4 rings (SSSR count). The van der Waals surface area contributed by atoms with Gasteiger partial charge in [-0.3, -0.25) is 4.79 Å². The molecule has 9 heteroatoms. The molecule has 0 bridgehead atoms. The molecule has 0 fully saturated rings. The fourth-order valence-electron chi connectivity index (χ4n) is 3.37. The SMILES string of the molecule is CCCN1C(=O)COc2ccc(-c3noc(CCS(=O)(=O)c4ccc(C)cc4)n3)cc21. The number of aryl methyl sites for hydroxylation is 2. The zero-order valence-corrected chi connectivity index (χ0v) is 18.2. The van der Waals surface area contributed by atoms with Crippen molar-refractivity contribution in [3.8, 4) is 17.1 Å². The minimum atomic E-state index is -3.45. The van der Waals surface area contributed by atoms with E-state index in [-0.39, 0.29) is 35.5 Å². The minimum Gasteiger partial charge on any atom is -0.482 e. The van der Waals surface area contributed by atoms with Crippen molar-refractivity contribution in [2.24, 2.45) is 0 Å². The second-order valence-corrected chi connectivity index (χ2v) is 9.52. The molecule has 0 spiro atoms. The van der Waals surface area contributed by atoms with E-state index in [1.54, 1.807) is 47.4 Å². The number of benzene rings is 2. The highest BCUT2D eigenvalue weighted by Gasteiger charge is 2.26. The Bertz CT molecular complexity index is 1200. The van der Waals surface area contributed by atoms with Gasteiger partial charge in [-0.25, -0.2) is 8.42 Å². The lowest BCUT2D eigenvalue weighted by atomic mass is 10.1. The van der Waals surface area contributed by atoms with Crippen LogP contribution in [0.3, 0.4) is 0 Å². The molecule has 2 heterocycles. The molecule has 3 aromatic rings. The number of hydrogen-bond donors (Lipinski definition) is 0. The zero-order chi connectivity index (χ0) is 22.0. The van der Waals surface area contributed by atoms with E-state index >= 15 is 0 Å². The summed E-state index contributed by atoms with van der Waals surface area (Å²) < 4.78 is 35.9. The molecule has 0 saturated heterocycles. The Morgan fingerprint density at radius 3 is 2.65 bits per heavy atom. The second kappa shape index (κ2) is 8.50. The molecule has 1 amide bonds. The van der Waals surface area contributed by atoms with Crippen LogP contribution >= 0.6 is 0 Å². The van der Waals surface area contributed by atoms with Gasteiger partial charge in [0.2, 0.25) is 11.7 Å². The summed E-state index contributed by atoms with van der Waals surface area (Å²) in [6.07, 6.45) is 0.926. The summed E-state index contributed by atoms with van der Waals surface area (Å²) in [4.78, 5) is 18.5. The van der Waals surface area contributed by atoms with Crippen LogP contribution in [-0.2, 0) is 21.1 Å². The third-order valence-electron chi connectivity index (χ3n) is 5.04. The molecular formula is C22H23N3O5S. The van der Waals surface area contributed by atoms with E-state index in [2.05, 4.69) is 10.1 Å². The zero-order valence-electron chi connectivity index (χ0n) is 17.4. The van der Waals surface area contributed by atoms with Crippen LogP contribution in [0.15, 0.2) is 51.9 Å². The maximum atomic E-state index is 12.5. The van der Waals surface area contributed by atoms with Crippen LogP contribution in [0.5, 0.6) is 5.75 Å². The predicted octanol–water partition coefficient (Wildman–Crippen LogP) is 3.20. The molecule has 0 radical (unpaired) electrons. The van der Waals surface area contributed by atoms with Crippen molar-refractivity contribution in [3.05, 3.63) is 53.9 Å². The Balaban J connectivity index is 1.51. The summed E-state index contributed by atoms with van der Waals surface area (Å²) in [5.74, 6) is 0.974. The van der Waals surface area contributed by atoms with Crippen molar-refractivity contribution >= 4 is 21.4 Å². The molecule has 0 atom stereocenters. The summed E-state index contributed by atoms with van der Waals surface area (Å²) in [6.45, 7) is 4.52. The number of anilines is 1. The summed E-state index contributed by atoms with van der Waals surface area (Å²) in [6, 6.07) is 12.1. The molecule has 162 valence electrons. The number of rotatable bonds is 7. The highest BCUT2D eigenvalue weighted by Crippen LogP contribution is 2.35. The molecular weight excluding hydrogens is 418 g/mol. The molecule has 8 nitrogen and oxygen atoms in total. The summed E-state index contributed by atoms with van der Waals surface area (Å²) in [7, 11) is -3.45. The number of hydrogen-bond acceptors (Lipinski definition) is 7. The fraction of sp³-hybridized carbons (Fsp3) is 0.318. The lowest BCUT2D eigenvalue weighted by Crippen LogP contribution is -2.39. The third kappa shape index (κ3) is 4.46. The van der Waals surface area contributed by atoms with E-state index in [1.165, 1.54) is 0 Å². The lowest BCUT2D eigenvalue weighted by Gasteiger charge is -2.29. The first-order valence-electron chi connectivity index (χ1n) is 10.1. The van der Waals surface area contributed by atoms with E-state index in [0.29, 0.717) is 29.4 Å². The summed E-state index contributed by atoms with van der Waals surface area (Å²) in [5, 5.41) is 3.99. The van der Waals surface area contributed by atoms with Crippen molar-refractivity contribution in [2.45, 2.75) is 31.6 Å². The van der Waals surface area contributed by atoms with Gasteiger partial charge in [0, 0.05) is 18.5 Å². The fourth-order valence-corrected chi connectivity index (χ4v) is 4.60. The van der Waals surface area contributed by atoms with Crippen LogP contribution in [0, 0.1) is 6.92 Å². The predicted molar refractivity (Wildman–Crippen MR) is 115 cm³/mol. The number of fused-ring (bicyclic) bond motifs is 1. The van der Waals surface area contributed by atoms with Gasteiger partial charge in [-0.2, -0.15) is 4.98 Å². The van der Waals surface area contributed by atoms with Gasteiger partial charge in [-0.05, 0) is 43.7 Å². The standard InChI is InChI=1S/C22H23N3O5S/c1-3-11-25-18-13-16(6-9-19(18)29-14-21(25)26)22-23-20(30-24-22)10-12-31(27,28)17-7-4-15(2)5-8-17/h4-9,13H,3,10-12,14H2,1-2H3. The number of carbonyl (C=O) groups excluding carboxylic acids is 1. The van der Waals surface area contributed by atoms with Crippen LogP contribution in [0.4, 0.5) is 5.69 Å². The Hall–Kier alpha value is -3.20. The molecule has 1 aliphatic heterocycles. The number of nitrogens with zero attached hydrogens (tertiary/aromatic N) is 3. The van der Waals surface area contributed by atoms with E-state index in [1.807, 2.05) is 13.8 Å². The molecule has 31 heavy (non-hydrogen) atoms. The Kier molecular flexibility index (Phi) is 5.77. The van der Waals surface area contributed by atoms with Gasteiger partial charge >= 0.3 is 0 Å². The molecule has 0 saturated carbocycles. The molecule has 1 aromatic heterocycles. The molecule has 0 unspecified atom stereocenters. The highest BCUT2D eigenvalue weighted by molar-refractivity contribution is 7.91. The van der Waals surface area contributed by atoms with Crippen LogP contribution in [0.2, 0.25) is 0 Å². The third-order valence-corrected chi connectivity index (χ3v) is 6.77. The van der Waals surface area contributed by atoms with Gasteiger partial charge < -0.3 is 14.2 Å². The van der Waals surface area contributed by atoms with Gasteiger partial charge in [-0.1, -0.05) is 29.8 Å². The Morgan fingerprint density at radius 2 is 1.90 bits per heavy atom. The molecule has 0 aliphatic carbocycles. The van der Waals surface area contributed by atoms with E-state index < -0.39 is 9.84 Å². The van der Waals surface area contributed by atoms with Crippen molar-refractivity contribution < 1.29 is 22.5 Å². The van der Waals surface area contributed by atoms with Crippen molar-refractivity contribution in [1.82, 2.24) is 10.1 Å². The van der Waals surface area contributed by atoms with E-state index in [0.717, 1.165) is 12.0 Å². The molecule has 1 aliphatic rings. The number of ether oxygens (including phenoxy) is 1. The van der Waals surface area contributed by atoms with Gasteiger partial charge in [0.05, 0.1) is 16.3 Å². The smallest absolute Gasteiger partial charge is 0.265 e. The van der Waals surface area contributed by atoms with Crippen LogP contribution in [-0.4, -0.2) is 43.4 Å². The highest BCUT2D eigenvalue weighted by atomic mass is 32.2. The maximum absolute atomic E-state index is 12.5. The number of carbonyl (C=O) groups is 1. The molecule has 2 aromatic carbocycles. The van der Waals surface area contributed by atoms with E-state index in [9.17, 15) is 13.2 Å². The average molecular weight is 442 g/mol. The Labute approximate surface area is 180 Å². The van der Waals surface area contributed by atoms with Crippen LogP contribution < -0.4 is 9.64 Å². The summed E-state index contributed by atoms with van der Waals surface area (Å²) >= 11 is 0. The van der Waals surface area contributed by atoms with Gasteiger partial charge in [-0.15, -0.1) is 0 Å². The first-order valence-corrected chi connectivity index (χ1v) is 11.7. The molecule has 0 N–H and O–H groups in total. The topological polar surface area (TPSA) is 103 Å². The van der Waals surface area contributed by atoms with Crippen molar-refractivity contribution in [3.63, 3.8) is 0 Å². The van der Waals surface area contributed by atoms with Crippen molar-refractivity contribution in [1.29, 1.82) is 0 Å². The number of amides is 1. The normalized spacial score (nSPS) is 13.7. The first kappa shape index (κ1) is 21.0. The first-order chi connectivity index (χ1) is 14.9. The Morgan fingerprint density at radius 1 is 1.13 bits per heavy atom. The lowest BCUT2D eigenvalue weighted by molar-refractivity contribution is -0.121. The largest absolute Gasteiger partial charge is 0.482 e. The quantitative estimate of drug-likeness (QED) is 0.555. The number of sulfone groups is 1. The summed E-state index contributed by atoms with van der Waals surface area (Å²) in [5.41, 5.74) is 2.33. The van der Waals surface area contributed by atoms with E-state index in [4.69, 9.17) is 9.26 Å². The van der Waals surface area contributed by atoms with Gasteiger partial charge in [0.15, 0.2) is 16.4 Å². The van der Waals surface area contributed by atoms with Gasteiger partial charge in [0.25, 0.3) is 5.91 Å². The number of aromatic nitrogens is 2. The van der Waals surface area contributed by atoms with Gasteiger partial charge in [0.1, 0.15) is 5.75 Å². The maximum Gasteiger partial charge on any atom is 0.265 e. The monoisotopic (exact) mass is 441 g/mol. The van der Waals surface area contributed by atoms with Crippen molar-refractivity contribution in [2.75, 3.05) is 23.8 Å². The van der Waals surface area contributed by atoms with Crippen LogP contribution in [0.25, 0.3) is 11.4 Å². The van der Waals surface area contributed by atoms with Crippen LogP contribution in [0.1, 0.15) is 24.8 Å². The average Bonchev–Trinajstić information content (AvgIpc) is 3.24.